The summed E-state index contributed by atoms with van der Waals surface area (Å²) in [6, 6.07) is 8.58. The van der Waals surface area contributed by atoms with E-state index in [1.54, 1.807) is 18.2 Å². The Labute approximate surface area is 197 Å². The van der Waals surface area contributed by atoms with Crippen LogP contribution in [0.3, 0.4) is 0 Å². The van der Waals surface area contributed by atoms with Crippen LogP contribution in [0.15, 0.2) is 42.5 Å². The van der Waals surface area contributed by atoms with Crippen molar-refractivity contribution in [2.75, 3.05) is 0 Å². The van der Waals surface area contributed by atoms with Crippen molar-refractivity contribution in [1.82, 2.24) is 0 Å². The summed E-state index contributed by atoms with van der Waals surface area (Å²) in [5, 5.41) is 42.3. The van der Waals surface area contributed by atoms with Crippen LogP contribution in [0.4, 0.5) is 0 Å². The standard InChI is InChI=1S/C29H38O4/c1-8-27(3,4)26(18-10-11-22(30)24(32)15-18)19-14-21-20(23(31)16-19)12-13-29(7,17-25(21)33)28(5,6)9-2/h10-17,26,30-33H,8-9H2,1-7H3. The van der Waals surface area contributed by atoms with Gasteiger partial charge in [-0.3, -0.25) is 0 Å². The van der Waals surface area contributed by atoms with E-state index < -0.39 is 0 Å². The van der Waals surface area contributed by atoms with Gasteiger partial charge in [-0.25, -0.2) is 0 Å². The zero-order chi connectivity index (χ0) is 24.8. The second kappa shape index (κ2) is 8.48. The van der Waals surface area contributed by atoms with Crippen LogP contribution in [0.2, 0.25) is 0 Å². The van der Waals surface area contributed by atoms with Crippen LogP contribution in [0.1, 0.15) is 89.5 Å². The molecule has 0 aliphatic heterocycles. The maximum atomic E-state index is 11.2. The quantitative estimate of drug-likeness (QED) is 0.339. The second-order valence-corrected chi connectivity index (χ2v) is 10.9. The van der Waals surface area contributed by atoms with E-state index in [0.29, 0.717) is 11.1 Å². The smallest absolute Gasteiger partial charge is 0.157 e. The van der Waals surface area contributed by atoms with Crippen LogP contribution < -0.4 is 0 Å². The van der Waals surface area contributed by atoms with Gasteiger partial charge in [0.15, 0.2) is 11.5 Å². The van der Waals surface area contributed by atoms with Crippen molar-refractivity contribution < 1.29 is 20.4 Å². The Morgan fingerprint density at radius 3 is 2.03 bits per heavy atom. The number of phenols is 3. The van der Waals surface area contributed by atoms with Gasteiger partial charge < -0.3 is 20.4 Å². The van der Waals surface area contributed by atoms with Gasteiger partial charge in [0.1, 0.15) is 11.5 Å². The number of rotatable bonds is 6. The van der Waals surface area contributed by atoms with Gasteiger partial charge >= 0.3 is 0 Å². The molecular formula is C29H38O4. The topological polar surface area (TPSA) is 80.9 Å². The minimum atomic E-state index is -0.387. The molecule has 0 amide bonds. The predicted molar refractivity (Wildman–Crippen MR) is 136 cm³/mol. The van der Waals surface area contributed by atoms with E-state index in [-0.39, 0.29) is 45.2 Å². The largest absolute Gasteiger partial charge is 0.508 e. The van der Waals surface area contributed by atoms with E-state index in [9.17, 15) is 20.4 Å². The molecule has 3 rings (SSSR count). The first kappa shape index (κ1) is 24.8. The minimum absolute atomic E-state index is 0.0890. The monoisotopic (exact) mass is 450 g/mol. The second-order valence-electron chi connectivity index (χ2n) is 10.9. The lowest BCUT2D eigenvalue weighted by Crippen LogP contribution is -2.31. The first-order valence-corrected chi connectivity index (χ1v) is 11.8. The number of hydrogen-bond donors (Lipinski definition) is 4. The highest BCUT2D eigenvalue weighted by atomic mass is 16.3. The van der Waals surface area contributed by atoms with Crippen LogP contribution in [-0.4, -0.2) is 20.4 Å². The maximum Gasteiger partial charge on any atom is 0.157 e. The molecule has 0 spiro atoms. The molecule has 0 radical (unpaired) electrons. The molecule has 2 aromatic rings. The Morgan fingerprint density at radius 2 is 1.45 bits per heavy atom. The van der Waals surface area contributed by atoms with Gasteiger partial charge in [0, 0.05) is 22.5 Å². The summed E-state index contributed by atoms with van der Waals surface area (Å²) in [7, 11) is 0. The van der Waals surface area contributed by atoms with Crippen LogP contribution in [-0.2, 0) is 0 Å². The molecular weight excluding hydrogens is 412 g/mol. The SMILES string of the molecule is CCC(C)(C)C(c1ccc(O)c(O)c1)c1cc(O)c2c(c1)C(O)=CC(C)(C(C)(C)CC)C=C2. The highest BCUT2D eigenvalue weighted by Crippen LogP contribution is 2.50. The third-order valence-corrected chi connectivity index (χ3v) is 8.19. The minimum Gasteiger partial charge on any atom is -0.508 e. The molecule has 2 atom stereocenters. The highest BCUT2D eigenvalue weighted by Gasteiger charge is 2.38. The number of aromatic hydroxyl groups is 3. The fourth-order valence-corrected chi connectivity index (χ4v) is 4.70. The van der Waals surface area contributed by atoms with Gasteiger partial charge in [-0.05, 0) is 58.7 Å². The van der Waals surface area contributed by atoms with Crippen molar-refractivity contribution in [3.05, 3.63) is 64.7 Å². The zero-order valence-electron chi connectivity index (χ0n) is 20.9. The number of phenolic OH excluding ortho intramolecular Hbond substituents is 3. The molecule has 4 nitrogen and oxygen atoms in total. The van der Waals surface area contributed by atoms with Crippen LogP contribution in [0.5, 0.6) is 17.2 Å². The van der Waals surface area contributed by atoms with Gasteiger partial charge in [0.25, 0.3) is 0 Å². The summed E-state index contributed by atoms with van der Waals surface area (Å²) < 4.78 is 0. The van der Waals surface area contributed by atoms with Crippen molar-refractivity contribution >= 4 is 11.8 Å². The third-order valence-electron chi connectivity index (χ3n) is 8.19. The average molecular weight is 451 g/mol. The van der Waals surface area contributed by atoms with E-state index in [1.807, 2.05) is 18.2 Å². The number of hydrogen-bond acceptors (Lipinski definition) is 4. The number of aliphatic hydroxyl groups is 1. The van der Waals surface area contributed by atoms with Gasteiger partial charge in [-0.1, -0.05) is 73.1 Å². The van der Waals surface area contributed by atoms with Crippen molar-refractivity contribution in [1.29, 1.82) is 0 Å². The maximum absolute atomic E-state index is 11.2. The molecule has 0 heterocycles. The van der Waals surface area contributed by atoms with E-state index in [1.165, 1.54) is 6.07 Å². The first-order chi connectivity index (χ1) is 15.3. The van der Waals surface area contributed by atoms with Crippen molar-refractivity contribution in [2.45, 2.75) is 67.2 Å². The van der Waals surface area contributed by atoms with Crippen molar-refractivity contribution in [3.8, 4) is 17.2 Å². The van der Waals surface area contributed by atoms with Crippen LogP contribution in [0, 0.1) is 16.2 Å². The molecule has 0 saturated carbocycles. The third kappa shape index (κ3) is 4.36. The summed E-state index contributed by atoms with van der Waals surface area (Å²) in [6.45, 7) is 15.0. The lowest BCUT2D eigenvalue weighted by molar-refractivity contribution is 0.190. The fraction of sp³-hybridized carbons (Fsp3) is 0.448. The molecule has 33 heavy (non-hydrogen) atoms. The Hall–Kier alpha value is -2.88. The van der Waals surface area contributed by atoms with Crippen LogP contribution >= 0.6 is 0 Å². The molecule has 2 unspecified atom stereocenters. The number of benzene rings is 2. The number of aliphatic hydroxyl groups excluding tert-OH is 1. The lowest BCUT2D eigenvalue weighted by atomic mass is 9.65. The Morgan fingerprint density at radius 1 is 0.818 bits per heavy atom. The molecule has 0 fully saturated rings. The molecule has 0 saturated heterocycles. The Bertz CT molecular complexity index is 1110. The van der Waals surface area contributed by atoms with Crippen molar-refractivity contribution in [2.24, 2.45) is 16.2 Å². The molecule has 178 valence electrons. The van der Waals surface area contributed by atoms with Gasteiger partial charge in [-0.15, -0.1) is 0 Å². The zero-order valence-corrected chi connectivity index (χ0v) is 20.9. The summed E-state index contributed by atoms with van der Waals surface area (Å²) >= 11 is 0. The average Bonchev–Trinajstić information content (AvgIpc) is 2.88. The normalized spacial score (nSPS) is 19.5. The molecule has 0 bridgehead atoms. The Kier molecular flexibility index (Phi) is 6.36. The predicted octanol–water partition coefficient (Wildman–Crippen LogP) is 7.74. The number of allylic oxidation sites excluding steroid dienone is 2. The molecule has 4 N–H and O–H groups in total. The summed E-state index contributed by atoms with van der Waals surface area (Å²) in [5.41, 5.74) is 2.18. The Balaban J connectivity index is 2.24. The summed E-state index contributed by atoms with van der Waals surface area (Å²) in [5.74, 6) is -0.259. The van der Waals surface area contributed by atoms with E-state index >= 15 is 0 Å². The molecule has 4 heteroatoms. The van der Waals surface area contributed by atoms with Crippen molar-refractivity contribution in [3.63, 3.8) is 0 Å². The highest BCUT2D eigenvalue weighted by molar-refractivity contribution is 5.77. The van der Waals surface area contributed by atoms with Gasteiger partial charge in [0.2, 0.25) is 0 Å². The van der Waals surface area contributed by atoms with Gasteiger partial charge in [0.05, 0.1) is 0 Å². The lowest BCUT2D eigenvalue weighted by Gasteiger charge is -2.39. The van der Waals surface area contributed by atoms with Gasteiger partial charge in [-0.2, -0.15) is 0 Å². The summed E-state index contributed by atoms with van der Waals surface area (Å²) in [4.78, 5) is 0. The number of fused-ring (bicyclic) bond motifs is 1. The fourth-order valence-electron chi connectivity index (χ4n) is 4.70. The van der Waals surface area contributed by atoms with E-state index in [4.69, 9.17) is 0 Å². The first-order valence-electron chi connectivity index (χ1n) is 11.8. The summed E-state index contributed by atoms with van der Waals surface area (Å²) in [6.07, 6.45) is 7.67. The molecule has 1 aliphatic rings. The molecule has 1 aliphatic carbocycles. The molecule has 0 aromatic heterocycles. The van der Waals surface area contributed by atoms with E-state index in [2.05, 4.69) is 54.5 Å². The van der Waals surface area contributed by atoms with Crippen LogP contribution in [0.25, 0.3) is 11.8 Å². The molecule has 2 aromatic carbocycles. The van der Waals surface area contributed by atoms with E-state index in [0.717, 1.165) is 24.0 Å².